The largest absolute Gasteiger partial charge is 0.473 e. The van der Waals surface area contributed by atoms with Gasteiger partial charge in [0.1, 0.15) is 0 Å². The second-order valence-corrected chi connectivity index (χ2v) is 6.56. The minimum absolute atomic E-state index is 0.0943. The second kappa shape index (κ2) is 8.90. The summed E-state index contributed by atoms with van der Waals surface area (Å²) in [7, 11) is 0. The van der Waals surface area contributed by atoms with Crippen molar-refractivity contribution in [3.05, 3.63) is 12.8 Å². The molecule has 2 rings (SSSR count). The van der Waals surface area contributed by atoms with Crippen LogP contribution in [0.2, 0.25) is 0 Å². The molecule has 0 radical (unpaired) electrons. The Morgan fingerprint density at radius 1 is 0.955 bits per heavy atom. The molecule has 0 aromatic heterocycles. The van der Waals surface area contributed by atoms with E-state index in [9.17, 15) is 0 Å². The van der Waals surface area contributed by atoms with E-state index >= 15 is 0 Å². The van der Waals surface area contributed by atoms with E-state index < -0.39 is 0 Å². The lowest BCUT2D eigenvalue weighted by Crippen LogP contribution is -2.38. The van der Waals surface area contributed by atoms with E-state index in [1.54, 1.807) is 0 Å². The van der Waals surface area contributed by atoms with E-state index in [1.165, 1.54) is 25.5 Å². The zero-order valence-electron chi connectivity index (χ0n) is 14.3. The molecule has 2 aliphatic rings. The van der Waals surface area contributed by atoms with Crippen molar-refractivity contribution in [2.75, 3.05) is 6.61 Å². The Balaban J connectivity index is 1.79. The fourth-order valence-electron chi connectivity index (χ4n) is 4.04. The molecular formula is C18H32O4. The fourth-order valence-corrected chi connectivity index (χ4v) is 4.04. The van der Waals surface area contributed by atoms with Gasteiger partial charge in [0.2, 0.25) is 0 Å². The molecule has 128 valence electrons. The number of hydrogen-bond acceptors (Lipinski definition) is 4. The van der Waals surface area contributed by atoms with Gasteiger partial charge in [-0.1, -0.05) is 6.58 Å². The maximum Gasteiger partial charge on any atom is 0.196 e. The lowest BCUT2D eigenvalue weighted by Gasteiger charge is -2.42. The average Bonchev–Trinajstić information content (AvgIpc) is 2.47. The molecule has 0 aromatic carbocycles. The van der Waals surface area contributed by atoms with Crippen LogP contribution in [0, 0.1) is 11.8 Å². The predicted octanol–water partition coefficient (Wildman–Crippen LogP) is 4.25. The third-order valence-corrected chi connectivity index (χ3v) is 4.97. The Hall–Kier alpha value is -0.580. The van der Waals surface area contributed by atoms with Crippen molar-refractivity contribution in [1.82, 2.24) is 0 Å². The molecule has 0 amide bonds. The number of ether oxygens (including phenoxy) is 4. The van der Waals surface area contributed by atoms with Crippen LogP contribution in [-0.4, -0.2) is 31.4 Å². The minimum Gasteiger partial charge on any atom is -0.473 e. The molecule has 6 unspecified atom stereocenters. The normalized spacial score (nSPS) is 34.5. The van der Waals surface area contributed by atoms with Crippen LogP contribution in [0.5, 0.6) is 0 Å². The first-order chi connectivity index (χ1) is 10.6. The molecule has 0 spiro atoms. The summed E-state index contributed by atoms with van der Waals surface area (Å²) >= 11 is 0. The molecule has 0 heterocycles. The first-order valence-corrected chi connectivity index (χ1v) is 8.81. The third-order valence-electron chi connectivity index (χ3n) is 4.97. The molecule has 0 N–H and O–H groups in total. The monoisotopic (exact) mass is 312 g/mol. The summed E-state index contributed by atoms with van der Waals surface area (Å²) in [5.74, 6) is 1.56. The van der Waals surface area contributed by atoms with Crippen LogP contribution < -0.4 is 0 Å². The van der Waals surface area contributed by atoms with Gasteiger partial charge in [0.05, 0.1) is 18.5 Å². The van der Waals surface area contributed by atoms with Gasteiger partial charge < -0.3 is 18.9 Å². The van der Waals surface area contributed by atoms with E-state index in [0.29, 0.717) is 24.7 Å². The van der Waals surface area contributed by atoms with Crippen molar-refractivity contribution in [3.63, 3.8) is 0 Å². The summed E-state index contributed by atoms with van der Waals surface area (Å²) in [4.78, 5) is 0. The molecule has 6 atom stereocenters. The van der Waals surface area contributed by atoms with Crippen LogP contribution in [0.15, 0.2) is 12.8 Å². The van der Waals surface area contributed by atoms with Gasteiger partial charge in [0.15, 0.2) is 12.6 Å². The van der Waals surface area contributed by atoms with Crippen molar-refractivity contribution in [1.29, 1.82) is 0 Å². The van der Waals surface area contributed by atoms with Crippen molar-refractivity contribution in [3.8, 4) is 0 Å². The second-order valence-electron chi connectivity index (χ2n) is 6.56. The number of rotatable bonds is 8. The smallest absolute Gasteiger partial charge is 0.196 e. The number of hydrogen-bond donors (Lipinski definition) is 0. The molecule has 4 heteroatoms. The van der Waals surface area contributed by atoms with Gasteiger partial charge in [-0.25, -0.2) is 0 Å². The highest BCUT2D eigenvalue weighted by atomic mass is 16.7. The summed E-state index contributed by atoms with van der Waals surface area (Å²) in [5.41, 5.74) is 0. The van der Waals surface area contributed by atoms with Gasteiger partial charge in [-0.3, -0.25) is 0 Å². The van der Waals surface area contributed by atoms with E-state index in [1.807, 2.05) is 20.8 Å². The lowest BCUT2D eigenvalue weighted by molar-refractivity contribution is -0.180. The molecule has 0 aliphatic heterocycles. The highest BCUT2D eigenvalue weighted by molar-refractivity contribution is 4.87. The van der Waals surface area contributed by atoms with Crippen LogP contribution in [-0.2, 0) is 18.9 Å². The van der Waals surface area contributed by atoms with Crippen molar-refractivity contribution in [2.24, 2.45) is 11.8 Å². The quantitative estimate of drug-likeness (QED) is 0.496. The van der Waals surface area contributed by atoms with Crippen LogP contribution >= 0.6 is 0 Å². The molecule has 0 bridgehead atoms. The number of fused-ring (bicyclic) bond motifs is 1. The summed E-state index contributed by atoms with van der Waals surface area (Å²) < 4.78 is 22.8. The molecule has 0 aromatic rings. The molecule has 22 heavy (non-hydrogen) atoms. The highest BCUT2D eigenvalue weighted by Gasteiger charge is 2.37. The van der Waals surface area contributed by atoms with Crippen LogP contribution in [0.3, 0.4) is 0 Å². The Kier molecular flexibility index (Phi) is 7.19. The molecule has 0 saturated heterocycles. The molecule has 2 fully saturated rings. The SMILES string of the molecule is C=COC(C)OC1CCC2CCC(OC(C)OCC)CC2C1. The summed E-state index contributed by atoms with van der Waals surface area (Å²) in [6, 6.07) is 0. The Bertz CT molecular complexity index is 333. The predicted molar refractivity (Wildman–Crippen MR) is 86.3 cm³/mol. The molecular weight excluding hydrogens is 280 g/mol. The maximum atomic E-state index is 6.03. The van der Waals surface area contributed by atoms with Crippen molar-refractivity contribution in [2.45, 2.75) is 84.1 Å². The van der Waals surface area contributed by atoms with Gasteiger partial charge in [0, 0.05) is 6.61 Å². The molecule has 2 saturated carbocycles. The first-order valence-electron chi connectivity index (χ1n) is 8.81. The Morgan fingerprint density at radius 2 is 1.55 bits per heavy atom. The van der Waals surface area contributed by atoms with Crippen LogP contribution in [0.25, 0.3) is 0 Å². The van der Waals surface area contributed by atoms with Gasteiger partial charge in [-0.05, 0) is 71.1 Å². The summed E-state index contributed by atoms with van der Waals surface area (Å²) in [6.07, 6.45) is 8.92. The standard InChI is InChI=1S/C18H32O4/c1-5-19-13(3)21-17-9-7-15-8-10-18(12-16(15)11-17)22-14(4)20-6-2/h5,13-18H,1,6-12H2,2-4H3. The van der Waals surface area contributed by atoms with Crippen LogP contribution in [0.4, 0.5) is 0 Å². The minimum atomic E-state index is -0.201. The van der Waals surface area contributed by atoms with Gasteiger partial charge in [-0.15, -0.1) is 0 Å². The first kappa shape index (κ1) is 17.8. The fraction of sp³-hybridized carbons (Fsp3) is 0.889. The van der Waals surface area contributed by atoms with Gasteiger partial charge in [0.25, 0.3) is 0 Å². The lowest BCUT2D eigenvalue weighted by atomic mass is 9.69. The topological polar surface area (TPSA) is 36.9 Å². The molecule has 2 aliphatic carbocycles. The molecule has 4 nitrogen and oxygen atoms in total. The van der Waals surface area contributed by atoms with Gasteiger partial charge >= 0.3 is 0 Å². The van der Waals surface area contributed by atoms with E-state index in [0.717, 1.165) is 25.2 Å². The van der Waals surface area contributed by atoms with E-state index in [4.69, 9.17) is 18.9 Å². The maximum absolute atomic E-state index is 6.03. The van der Waals surface area contributed by atoms with Crippen molar-refractivity contribution < 1.29 is 18.9 Å². The Labute approximate surface area is 135 Å². The average molecular weight is 312 g/mol. The highest BCUT2D eigenvalue weighted by Crippen LogP contribution is 2.42. The van der Waals surface area contributed by atoms with Gasteiger partial charge in [-0.2, -0.15) is 0 Å². The van der Waals surface area contributed by atoms with E-state index in [2.05, 4.69) is 6.58 Å². The zero-order chi connectivity index (χ0) is 15.9. The van der Waals surface area contributed by atoms with Crippen molar-refractivity contribution >= 4 is 0 Å². The third kappa shape index (κ3) is 5.25. The zero-order valence-corrected chi connectivity index (χ0v) is 14.3. The Morgan fingerprint density at radius 3 is 2.09 bits per heavy atom. The van der Waals surface area contributed by atoms with Crippen LogP contribution in [0.1, 0.15) is 59.3 Å². The summed E-state index contributed by atoms with van der Waals surface area (Å²) in [6.45, 7) is 10.2. The van der Waals surface area contributed by atoms with E-state index in [-0.39, 0.29) is 12.6 Å². The summed E-state index contributed by atoms with van der Waals surface area (Å²) in [5, 5.41) is 0.